The molecule has 0 atom stereocenters. The number of rotatable bonds is 7. The van der Waals surface area contributed by atoms with E-state index >= 15 is 0 Å². The van der Waals surface area contributed by atoms with Gasteiger partial charge < -0.3 is 5.11 Å². The molecule has 2 heterocycles. The molecule has 0 fully saturated rings. The van der Waals surface area contributed by atoms with Gasteiger partial charge in [0.05, 0.1) is 5.56 Å². The van der Waals surface area contributed by atoms with Gasteiger partial charge in [-0.05, 0) is 13.3 Å². The van der Waals surface area contributed by atoms with E-state index in [0.29, 0.717) is 4.96 Å². The molecule has 110 valence electrons. The van der Waals surface area contributed by atoms with Crippen molar-refractivity contribution in [3.05, 3.63) is 15.9 Å². The molecule has 0 aromatic carbocycles. The van der Waals surface area contributed by atoms with Gasteiger partial charge in [0.25, 0.3) is 5.56 Å². The van der Waals surface area contributed by atoms with Crippen molar-refractivity contribution >= 4 is 28.1 Å². The number of nitrogens with zero attached hydrogens (tertiary/aromatic N) is 3. The van der Waals surface area contributed by atoms with Crippen molar-refractivity contribution in [2.24, 2.45) is 0 Å². The maximum Gasteiger partial charge on any atom is 0.280 e. The average Bonchev–Trinajstić information content (AvgIpc) is 2.83. The lowest BCUT2D eigenvalue weighted by Gasteiger charge is -1.98. The molecule has 0 aliphatic heterocycles. The topological polar surface area (TPSA) is 67.5 Å². The third-order valence-corrected chi connectivity index (χ3v) is 5.20. The number of unbranched alkanes of at least 4 members (excludes halogenated alkanes) is 4. The Labute approximate surface area is 126 Å². The molecule has 2 aromatic heterocycles. The first-order valence-electron chi connectivity index (χ1n) is 6.85. The predicted octanol–water partition coefficient (Wildman–Crippen LogP) is 3.23. The molecule has 2 aromatic rings. The molecule has 7 heteroatoms. The molecule has 0 radical (unpaired) electrons. The van der Waals surface area contributed by atoms with Gasteiger partial charge in [0.2, 0.25) is 10.8 Å². The van der Waals surface area contributed by atoms with Crippen LogP contribution in [0.4, 0.5) is 0 Å². The van der Waals surface area contributed by atoms with Crippen LogP contribution in [0.3, 0.4) is 0 Å². The average molecular weight is 313 g/mol. The predicted molar refractivity (Wildman–Crippen MR) is 83.0 cm³/mol. The number of aromatic hydroxyl groups is 1. The molecule has 1 N–H and O–H groups in total. The minimum absolute atomic E-state index is 0.106. The number of aromatic nitrogens is 3. The van der Waals surface area contributed by atoms with Crippen molar-refractivity contribution in [3.63, 3.8) is 0 Å². The Morgan fingerprint density at radius 2 is 2.05 bits per heavy atom. The summed E-state index contributed by atoms with van der Waals surface area (Å²) in [5.41, 5.74) is -0.147. The third-order valence-electron chi connectivity index (χ3n) is 3.07. The van der Waals surface area contributed by atoms with Gasteiger partial charge in [-0.1, -0.05) is 55.7 Å². The normalized spacial score (nSPS) is 11.3. The quantitative estimate of drug-likeness (QED) is 0.628. The summed E-state index contributed by atoms with van der Waals surface area (Å²) in [6, 6.07) is 0. The number of thioether (sulfide) groups is 1. The van der Waals surface area contributed by atoms with Crippen LogP contribution in [-0.4, -0.2) is 25.5 Å². The molecule has 20 heavy (non-hydrogen) atoms. The summed E-state index contributed by atoms with van der Waals surface area (Å²) in [7, 11) is 0. The van der Waals surface area contributed by atoms with Gasteiger partial charge >= 0.3 is 0 Å². The van der Waals surface area contributed by atoms with Crippen LogP contribution in [0.5, 0.6) is 5.88 Å². The minimum Gasteiger partial charge on any atom is -0.493 e. The van der Waals surface area contributed by atoms with Crippen LogP contribution in [0.2, 0.25) is 0 Å². The number of hydrogen-bond donors (Lipinski definition) is 1. The second-order valence-corrected chi connectivity index (χ2v) is 6.99. The molecule has 2 rings (SSSR count). The van der Waals surface area contributed by atoms with Gasteiger partial charge in [0, 0.05) is 5.75 Å². The van der Waals surface area contributed by atoms with E-state index in [0.717, 1.165) is 16.5 Å². The molecule has 0 aliphatic rings. The molecule has 0 amide bonds. The van der Waals surface area contributed by atoms with E-state index < -0.39 is 0 Å². The lowest BCUT2D eigenvalue weighted by Crippen LogP contribution is -2.12. The second-order valence-electron chi connectivity index (χ2n) is 4.69. The molecule has 0 spiro atoms. The zero-order chi connectivity index (χ0) is 14.5. The van der Waals surface area contributed by atoms with Crippen LogP contribution in [0, 0.1) is 6.92 Å². The zero-order valence-corrected chi connectivity index (χ0v) is 13.4. The van der Waals surface area contributed by atoms with Crippen LogP contribution >= 0.6 is 23.1 Å². The first-order chi connectivity index (χ1) is 9.63. The van der Waals surface area contributed by atoms with Crippen molar-refractivity contribution in [2.45, 2.75) is 50.3 Å². The largest absolute Gasteiger partial charge is 0.493 e. The van der Waals surface area contributed by atoms with Crippen molar-refractivity contribution in [1.82, 2.24) is 14.6 Å². The Morgan fingerprint density at radius 1 is 1.30 bits per heavy atom. The maximum atomic E-state index is 11.5. The fourth-order valence-corrected chi connectivity index (χ4v) is 3.82. The highest BCUT2D eigenvalue weighted by Crippen LogP contribution is 2.27. The standard InChI is InChI=1S/C13H19N3O2S2/c1-3-4-5-6-7-8-19-13-15-16-11(18)9(2)10(17)14-12(16)20-13/h18H,3-8H2,1-2H3. The fourth-order valence-electron chi connectivity index (χ4n) is 1.82. The number of hydrogen-bond acceptors (Lipinski definition) is 6. The van der Waals surface area contributed by atoms with Gasteiger partial charge in [-0.15, -0.1) is 5.10 Å². The van der Waals surface area contributed by atoms with Gasteiger partial charge in [-0.25, -0.2) is 0 Å². The van der Waals surface area contributed by atoms with Gasteiger partial charge in [-0.3, -0.25) is 4.79 Å². The summed E-state index contributed by atoms with van der Waals surface area (Å²) in [6.07, 6.45) is 6.24. The Morgan fingerprint density at radius 3 is 2.80 bits per heavy atom. The van der Waals surface area contributed by atoms with Crippen molar-refractivity contribution < 1.29 is 5.11 Å². The van der Waals surface area contributed by atoms with E-state index in [-0.39, 0.29) is 17.0 Å². The minimum atomic E-state index is -0.387. The monoisotopic (exact) mass is 313 g/mol. The van der Waals surface area contributed by atoms with E-state index in [1.54, 1.807) is 18.7 Å². The number of fused-ring (bicyclic) bond motifs is 1. The first kappa shape index (κ1) is 15.3. The lowest BCUT2D eigenvalue weighted by atomic mass is 10.2. The van der Waals surface area contributed by atoms with Crippen LogP contribution < -0.4 is 5.56 Å². The second kappa shape index (κ2) is 7.08. The smallest absolute Gasteiger partial charge is 0.280 e. The highest BCUT2D eigenvalue weighted by molar-refractivity contribution is 8.01. The molecule has 0 saturated carbocycles. The van der Waals surface area contributed by atoms with E-state index in [9.17, 15) is 9.90 Å². The van der Waals surface area contributed by atoms with Gasteiger partial charge in [0.15, 0.2) is 4.34 Å². The van der Waals surface area contributed by atoms with Crippen LogP contribution in [0.25, 0.3) is 4.96 Å². The molecule has 0 bridgehead atoms. The SMILES string of the molecule is CCCCCCCSc1nn2c(O)c(C)c(=O)nc2s1. The highest BCUT2D eigenvalue weighted by atomic mass is 32.2. The Kier molecular flexibility index (Phi) is 5.42. The fraction of sp³-hybridized carbons (Fsp3) is 0.615. The van der Waals surface area contributed by atoms with E-state index in [4.69, 9.17) is 0 Å². The van der Waals surface area contributed by atoms with Gasteiger partial charge in [0.1, 0.15) is 0 Å². The highest BCUT2D eigenvalue weighted by Gasteiger charge is 2.12. The van der Waals surface area contributed by atoms with E-state index in [1.807, 2.05) is 0 Å². The maximum absolute atomic E-state index is 11.5. The zero-order valence-electron chi connectivity index (χ0n) is 11.8. The Balaban J connectivity index is 1.98. The third kappa shape index (κ3) is 3.52. The van der Waals surface area contributed by atoms with Gasteiger partial charge in [-0.2, -0.15) is 9.50 Å². The summed E-state index contributed by atoms with van der Waals surface area (Å²) in [4.78, 5) is 15.9. The summed E-state index contributed by atoms with van der Waals surface area (Å²) in [5.74, 6) is 0.902. The van der Waals surface area contributed by atoms with E-state index in [2.05, 4.69) is 17.0 Å². The van der Waals surface area contributed by atoms with Crippen molar-refractivity contribution in [3.8, 4) is 5.88 Å². The molecular formula is C13H19N3O2S2. The Bertz CT molecular complexity index is 636. The molecule has 5 nitrogen and oxygen atoms in total. The molecule has 0 aliphatic carbocycles. The van der Waals surface area contributed by atoms with Crippen molar-refractivity contribution in [2.75, 3.05) is 5.75 Å². The molecule has 0 saturated heterocycles. The van der Waals surface area contributed by atoms with Crippen LogP contribution in [-0.2, 0) is 0 Å². The lowest BCUT2D eigenvalue weighted by molar-refractivity contribution is 0.428. The molecular weight excluding hydrogens is 294 g/mol. The summed E-state index contributed by atoms with van der Waals surface area (Å²) < 4.78 is 2.19. The van der Waals surface area contributed by atoms with E-state index in [1.165, 1.54) is 41.5 Å². The molecule has 0 unspecified atom stereocenters. The summed E-state index contributed by atoms with van der Waals surface area (Å²) >= 11 is 3.00. The van der Waals surface area contributed by atoms with Crippen LogP contribution in [0.15, 0.2) is 9.13 Å². The first-order valence-corrected chi connectivity index (χ1v) is 8.66. The van der Waals surface area contributed by atoms with Crippen LogP contribution in [0.1, 0.15) is 44.6 Å². The summed E-state index contributed by atoms with van der Waals surface area (Å²) in [5, 5.41) is 14.2. The summed E-state index contributed by atoms with van der Waals surface area (Å²) in [6.45, 7) is 3.76. The Hall–Kier alpha value is -1.08. The van der Waals surface area contributed by atoms with Crippen molar-refractivity contribution in [1.29, 1.82) is 0 Å².